The van der Waals surface area contributed by atoms with Crippen LogP contribution >= 0.6 is 12.4 Å². The van der Waals surface area contributed by atoms with Crippen molar-refractivity contribution in [2.24, 2.45) is 0 Å². The largest absolute Gasteiger partial charge is 0.324 e. The molecule has 146 valence electrons. The van der Waals surface area contributed by atoms with Gasteiger partial charge in [-0.3, -0.25) is 4.79 Å². The van der Waals surface area contributed by atoms with E-state index in [4.69, 9.17) is 0 Å². The number of hydrogen-bond acceptors (Lipinski definition) is 4. The molecule has 1 heterocycles. The Hall–Kier alpha value is -2.00. The van der Waals surface area contributed by atoms with Gasteiger partial charge >= 0.3 is 0 Å². The average Bonchev–Trinajstić information content (AvgIpc) is 2.65. The van der Waals surface area contributed by atoms with E-state index in [2.05, 4.69) is 15.4 Å². The number of benzene rings is 2. The van der Waals surface area contributed by atoms with Gasteiger partial charge in [-0.05, 0) is 42.3 Å². The highest BCUT2D eigenvalue weighted by atomic mass is 35.5. The molecule has 3 rings (SSSR count). The van der Waals surface area contributed by atoms with E-state index in [9.17, 15) is 17.6 Å². The Bertz CT molecular complexity index is 908. The number of anilines is 1. The quantitative estimate of drug-likeness (QED) is 0.677. The second-order valence-electron chi connectivity index (χ2n) is 6.00. The van der Waals surface area contributed by atoms with Crippen molar-refractivity contribution in [2.75, 3.05) is 18.4 Å². The zero-order valence-corrected chi connectivity index (χ0v) is 16.1. The number of rotatable bonds is 6. The molecule has 2 aromatic carbocycles. The topological polar surface area (TPSA) is 87.3 Å². The summed E-state index contributed by atoms with van der Waals surface area (Å²) < 4.78 is 41.0. The molecule has 1 amide bonds. The fourth-order valence-corrected chi connectivity index (χ4v) is 3.88. The maximum Gasteiger partial charge on any atom is 0.240 e. The predicted octanol–water partition coefficient (Wildman–Crippen LogP) is 2.20. The van der Waals surface area contributed by atoms with Crippen LogP contribution in [-0.2, 0) is 27.8 Å². The summed E-state index contributed by atoms with van der Waals surface area (Å²) in [4.78, 5) is 12.2. The molecular formula is C18H21ClFN3O3S. The van der Waals surface area contributed by atoms with E-state index >= 15 is 0 Å². The normalized spacial score (nSPS) is 13.4. The van der Waals surface area contributed by atoms with Gasteiger partial charge in [-0.25, -0.2) is 17.5 Å². The van der Waals surface area contributed by atoms with Crippen LogP contribution in [0.3, 0.4) is 0 Å². The lowest BCUT2D eigenvalue weighted by Gasteiger charge is -2.19. The fourth-order valence-electron chi connectivity index (χ4n) is 2.82. The molecule has 0 bridgehead atoms. The second kappa shape index (κ2) is 9.27. The molecule has 0 saturated carbocycles. The zero-order chi connectivity index (χ0) is 18.6. The zero-order valence-electron chi connectivity index (χ0n) is 14.5. The van der Waals surface area contributed by atoms with Gasteiger partial charge < -0.3 is 10.6 Å². The molecule has 0 fully saturated rings. The Labute approximate surface area is 164 Å². The van der Waals surface area contributed by atoms with Crippen molar-refractivity contribution in [1.29, 1.82) is 0 Å². The molecule has 2 aromatic rings. The van der Waals surface area contributed by atoms with Gasteiger partial charge in [0.15, 0.2) is 0 Å². The summed E-state index contributed by atoms with van der Waals surface area (Å²) in [6, 6.07) is 11.2. The standard InChI is InChI=1S/C18H20FN3O3S.ClH/c19-18-15-8-10-20-12-13(15)6-7-16(18)22-17(23)9-11-21-26(24,25)14-4-2-1-3-5-14;/h1-7,20-21H,8-12H2,(H,22,23);1H. The maximum absolute atomic E-state index is 14.5. The van der Waals surface area contributed by atoms with Gasteiger partial charge in [0, 0.05) is 19.5 Å². The number of carbonyl (C=O) groups is 1. The first-order valence-corrected chi connectivity index (χ1v) is 9.81. The van der Waals surface area contributed by atoms with Crippen molar-refractivity contribution in [3.63, 3.8) is 0 Å². The predicted molar refractivity (Wildman–Crippen MR) is 104 cm³/mol. The Morgan fingerprint density at radius 3 is 2.63 bits per heavy atom. The van der Waals surface area contributed by atoms with Crippen molar-refractivity contribution < 1.29 is 17.6 Å². The Kier molecular flexibility index (Phi) is 7.32. The van der Waals surface area contributed by atoms with Crippen LogP contribution in [0.1, 0.15) is 17.5 Å². The number of halogens is 2. The number of carbonyl (C=O) groups excluding carboxylic acids is 1. The van der Waals surface area contributed by atoms with Crippen LogP contribution in [-0.4, -0.2) is 27.4 Å². The number of fused-ring (bicyclic) bond motifs is 1. The van der Waals surface area contributed by atoms with Crippen LogP contribution in [0.4, 0.5) is 10.1 Å². The molecule has 9 heteroatoms. The smallest absolute Gasteiger partial charge is 0.240 e. The minimum absolute atomic E-state index is 0. The molecule has 1 aliphatic rings. The molecular weight excluding hydrogens is 393 g/mol. The fraction of sp³-hybridized carbons (Fsp3) is 0.278. The summed E-state index contributed by atoms with van der Waals surface area (Å²) in [5.41, 5.74) is 1.63. The molecule has 1 aliphatic heterocycles. The number of sulfonamides is 1. The van der Waals surface area contributed by atoms with Crippen molar-refractivity contribution in [2.45, 2.75) is 24.3 Å². The van der Waals surface area contributed by atoms with Gasteiger partial charge in [0.25, 0.3) is 0 Å². The summed E-state index contributed by atoms with van der Waals surface area (Å²) in [7, 11) is -3.66. The maximum atomic E-state index is 14.5. The van der Waals surface area contributed by atoms with E-state index in [1.807, 2.05) is 0 Å². The van der Waals surface area contributed by atoms with Crippen LogP contribution in [0, 0.1) is 5.82 Å². The van der Waals surface area contributed by atoms with Gasteiger partial charge in [-0.1, -0.05) is 24.3 Å². The summed E-state index contributed by atoms with van der Waals surface area (Å²) in [5, 5.41) is 5.68. The first-order valence-electron chi connectivity index (χ1n) is 8.33. The molecule has 0 aromatic heterocycles. The molecule has 0 unspecified atom stereocenters. The second-order valence-corrected chi connectivity index (χ2v) is 7.77. The molecule has 3 N–H and O–H groups in total. The average molecular weight is 414 g/mol. The lowest BCUT2D eigenvalue weighted by atomic mass is 9.99. The number of hydrogen-bond donors (Lipinski definition) is 3. The summed E-state index contributed by atoms with van der Waals surface area (Å²) in [6.45, 7) is 1.24. The van der Waals surface area contributed by atoms with Crippen molar-refractivity contribution in [3.05, 3.63) is 59.4 Å². The minimum Gasteiger partial charge on any atom is -0.324 e. The van der Waals surface area contributed by atoms with Gasteiger partial charge in [-0.2, -0.15) is 0 Å². The third-order valence-electron chi connectivity index (χ3n) is 4.18. The van der Waals surface area contributed by atoms with Crippen molar-refractivity contribution in [1.82, 2.24) is 10.0 Å². The van der Waals surface area contributed by atoms with E-state index in [0.29, 0.717) is 25.1 Å². The molecule has 27 heavy (non-hydrogen) atoms. The van der Waals surface area contributed by atoms with Crippen molar-refractivity contribution in [3.8, 4) is 0 Å². The van der Waals surface area contributed by atoms with Gasteiger partial charge in [0.05, 0.1) is 10.6 Å². The third-order valence-corrected chi connectivity index (χ3v) is 5.66. The first kappa shape index (κ1) is 21.3. The minimum atomic E-state index is -3.66. The van der Waals surface area contributed by atoms with E-state index in [-0.39, 0.29) is 36.0 Å². The van der Waals surface area contributed by atoms with E-state index in [1.54, 1.807) is 24.3 Å². The summed E-state index contributed by atoms with van der Waals surface area (Å²) >= 11 is 0. The van der Waals surface area contributed by atoms with Crippen LogP contribution in [0.25, 0.3) is 0 Å². The molecule has 0 atom stereocenters. The lowest BCUT2D eigenvalue weighted by molar-refractivity contribution is -0.116. The first-order chi connectivity index (χ1) is 12.5. The monoisotopic (exact) mass is 413 g/mol. The summed E-state index contributed by atoms with van der Waals surface area (Å²) in [6.07, 6.45) is 0.478. The van der Waals surface area contributed by atoms with E-state index in [1.165, 1.54) is 18.2 Å². The van der Waals surface area contributed by atoms with E-state index < -0.39 is 21.7 Å². The van der Waals surface area contributed by atoms with Crippen LogP contribution in [0.15, 0.2) is 47.4 Å². The Morgan fingerprint density at radius 1 is 1.15 bits per heavy atom. The molecule has 0 saturated heterocycles. The number of nitrogens with one attached hydrogen (secondary N) is 3. The molecule has 0 radical (unpaired) electrons. The van der Waals surface area contributed by atoms with E-state index in [0.717, 1.165) is 5.56 Å². The van der Waals surface area contributed by atoms with Crippen molar-refractivity contribution >= 4 is 34.0 Å². The van der Waals surface area contributed by atoms with Crippen LogP contribution in [0.2, 0.25) is 0 Å². The highest BCUT2D eigenvalue weighted by Gasteiger charge is 2.18. The molecule has 0 aliphatic carbocycles. The lowest BCUT2D eigenvalue weighted by Crippen LogP contribution is -2.28. The van der Waals surface area contributed by atoms with Gasteiger partial charge in [-0.15, -0.1) is 12.4 Å². The highest BCUT2D eigenvalue weighted by Crippen LogP contribution is 2.24. The van der Waals surface area contributed by atoms with Gasteiger partial charge in [0.1, 0.15) is 5.82 Å². The summed E-state index contributed by atoms with van der Waals surface area (Å²) in [5.74, 6) is -0.865. The SMILES string of the molecule is Cl.O=C(CCNS(=O)(=O)c1ccccc1)Nc1ccc2c(c1F)CCNC2. The molecule has 0 spiro atoms. The van der Waals surface area contributed by atoms with Crippen LogP contribution in [0.5, 0.6) is 0 Å². The Morgan fingerprint density at radius 2 is 1.89 bits per heavy atom. The van der Waals surface area contributed by atoms with Crippen LogP contribution < -0.4 is 15.4 Å². The highest BCUT2D eigenvalue weighted by molar-refractivity contribution is 7.89. The number of amides is 1. The third kappa shape index (κ3) is 5.26. The Balaban J connectivity index is 0.00000261. The molecule has 6 nitrogen and oxygen atoms in total. The van der Waals surface area contributed by atoms with Gasteiger partial charge in [0.2, 0.25) is 15.9 Å².